The van der Waals surface area contributed by atoms with Crippen LogP contribution in [-0.4, -0.2) is 72.5 Å². The molecule has 3 aliphatic rings. The second kappa shape index (κ2) is 8.29. The van der Waals surface area contributed by atoms with Crippen LogP contribution in [0.4, 0.5) is 0 Å². The first-order chi connectivity index (χ1) is 11.2. The van der Waals surface area contributed by atoms with Crippen LogP contribution in [0, 0.1) is 5.92 Å². The SMILES string of the molecule is C[C@@H](C(=O)N1CCCCC1)N1CCN(C[C@@H]2CC=CCC2)CC1. The molecule has 0 aromatic rings. The van der Waals surface area contributed by atoms with E-state index in [4.69, 9.17) is 0 Å². The molecule has 2 atom stereocenters. The third-order valence-corrected chi connectivity index (χ3v) is 5.87. The molecule has 0 aromatic carbocycles. The van der Waals surface area contributed by atoms with Gasteiger partial charge in [0, 0.05) is 45.8 Å². The molecule has 2 saturated heterocycles. The standard InChI is InChI=1S/C19H33N3O/c1-17(19(23)22-10-6-3-7-11-22)21-14-12-20(13-15-21)16-18-8-4-2-5-9-18/h2,4,17-18H,3,5-16H2,1H3/t17-,18+/m0/s1. The average Bonchev–Trinajstić information content (AvgIpc) is 2.63. The van der Waals surface area contributed by atoms with Crippen molar-refractivity contribution >= 4 is 5.91 Å². The van der Waals surface area contributed by atoms with Crippen LogP contribution in [0.5, 0.6) is 0 Å². The average molecular weight is 319 g/mol. The van der Waals surface area contributed by atoms with Crippen molar-refractivity contribution in [3.05, 3.63) is 12.2 Å². The lowest BCUT2D eigenvalue weighted by Gasteiger charge is -2.40. The quantitative estimate of drug-likeness (QED) is 0.744. The van der Waals surface area contributed by atoms with Gasteiger partial charge in [-0.25, -0.2) is 0 Å². The molecule has 0 unspecified atom stereocenters. The minimum Gasteiger partial charge on any atom is -0.341 e. The molecular weight excluding hydrogens is 286 g/mol. The Morgan fingerprint density at radius 2 is 1.78 bits per heavy atom. The summed E-state index contributed by atoms with van der Waals surface area (Å²) in [5.41, 5.74) is 0. The van der Waals surface area contributed by atoms with Crippen LogP contribution < -0.4 is 0 Å². The summed E-state index contributed by atoms with van der Waals surface area (Å²) in [6, 6.07) is 0.0628. The van der Waals surface area contributed by atoms with E-state index >= 15 is 0 Å². The Bertz CT molecular complexity index is 409. The van der Waals surface area contributed by atoms with E-state index in [0.29, 0.717) is 5.91 Å². The van der Waals surface area contributed by atoms with E-state index < -0.39 is 0 Å². The zero-order chi connectivity index (χ0) is 16.1. The molecule has 23 heavy (non-hydrogen) atoms. The molecule has 0 N–H and O–H groups in total. The van der Waals surface area contributed by atoms with Crippen molar-refractivity contribution in [3.8, 4) is 0 Å². The second-order valence-corrected chi connectivity index (χ2v) is 7.55. The molecule has 1 aliphatic carbocycles. The highest BCUT2D eigenvalue weighted by Crippen LogP contribution is 2.20. The molecular formula is C19H33N3O. The van der Waals surface area contributed by atoms with Crippen molar-refractivity contribution in [1.82, 2.24) is 14.7 Å². The van der Waals surface area contributed by atoms with Crippen LogP contribution in [0.3, 0.4) is 0 Å². The maximum atomic E-state index is 12.7. The Balaban J connectivity index is 1.42. The summed E-state index contributed by atoms with van der Waals surface area (Å²) in [6.07, 6.45) is 12.2. The van der Waals surface area contributed by atoms with Crippen LogP contribution in [0.2, 0.25) is 0 Å². The lowest BCUT2D eigenvalue weighted by atomic mass is 9.94. The van der Waals surface area contributed by atoms with Gasteiger partial charge in [0.2, 0.25) is 5.91 Å². The normalized spacial score (nSPS) is 28.7. The lowest BCUT2D eigenvalue weighted by molar-refractivity contribution is -0.138. The van der Waals surface area contributed by atoms with Crippen molar-refractivity contribution in [2.24, 2.45) is 5.92 Å². The van der Waals surface area contributed by atoms with E-state index in [-0.39, 0.29) is 6.04 Å². The molecule has 2 heterocycles. The molecule has 0 radical (unpaired) electrons. The molecule has 0 bridgehead atoms. The highest BCUT2D eigenvalue weighted by Gasteiger charge is 2.29. The van der Waals surface area contributed by atoms with Crippen molar-refractivity contribution in [2.45, 2.75) is 51.5 Å². The first-order valence-electron chi connectivity index (χ1n) is 9.64. The predicted octanol–water partition coefficient (Wildman–Crippen LogP) is 2.36. The zero-order valence-corrected chi connectivity index (χ0v) is 14.8. The van der Waals surface area contributed by atoms with Gasteiger partial charge in [-0.3, -0.25) is 9.69 Å². The number of allylic oxidation sites excluding steroid dienone is 2. The molecule has 1 amide bonds. The number of likely N-dealkylation sites (tertiary alicyclic amines) is 1. The number of carbonyl (C=O) groups excluding carboxylic acids is 1. The summed E-state index contributed by atoms with van der Waals surface area (Å²) in [6.45, 7) is 9.63. The Kier molecular flexibility index (Phi) is 6.12. The largest absolute Gasteiger partial charge is 0.341 e. The first-order valence-corrected chi connectivity index (χ1v) is 9.64. The Morgan fingerprint density at radius 1 is 1.04 bits per heavy atom. The van der Waals surface area contributed by atoms with E-state index in [1.54, 1.807) is 0 Å². The zero-order valence-electron chi connectivity index (χ0n) is 14.8. The van der Waals surface area contributed by atoms with Gasteiger partial charge in [-0.05, 0) is 51.4 Å². The maximum absolute atomic E-state index is 12.7. The molecule has 2 fully saturated rings. The highest BCUT2D eigenvalue weighted by molar-refractivity contribution is 5.81. The predicted molar refractivity (Wildman–Crippen MR) is 94.4 cm³/mol. The van der Waals surface area contributed by atoms with E-state index in [0.717, 1.165) is 45.2 Å². The van der Waals surface area contributed by atoms with Crippen LogP contribution >= 0.6 is 0 Å². The third-order valence-electron chi connectivity index (χ3n) is 5.87. The molecule has 4 nitrogen and oxygen atoms in total. The summed E-state index contributed by atoms with van der Waals surface area (Å²) in [5.74, 6) is 1.20. The molecule has 0 aromatic heterocycles. The van der Waals surface area contributed by atoms with Crippen molar-refractivity contribution in [2.75, 3.05) is 45.8 Å². The van der Waals surface area contributed by atoms with E-state index in [1.165, 1.54) is 45.1 Å². The topological polar surface area (TPSA) is 26.8 Å². The van der Waals surface area contributed by atoms with Crippen LogP contribution in [-0.2, 0) is 4.79 Å². The fraction of sp³-hybridized carbons (Fsp3) is 0.842. The Labute approximate surface area is 141 Å². The number of hydrogen-bond acceptors (Lipinski definition) is 3. The highest BCUT2D eigenvalue weighted by atomic mass is 16.2. The molecule has 4 heteroatoms. The molecule has 0 saturated carbocycles. The fourth-order valence-electron chi connectivity index (χ4n) is 4.26. The molecule has 2 aliphatic heterocycles. The van der Waals surface area contributed by atoms with Crippen LogP contribution in [0.1, 0.15) is 45.4 Å². The second-order valence-electron chi connectivity index (χ2n) is 7.55. The van der Waals surface area contributed by atoms with Gasteiger partial charge in [0.1, 0.15) is 0 Å². The van der Waals surface area contributed by atoms with E-state index in [1.807, 2.05) is 0 Å². The first kappa shape index (κ1) is 17.0. The maximum Gasteiger partial charge on any atom is 0.239 e. The summed E-state index contributed by atoms with van der Waals surface area (Å²) in [7, 11) is 0. The fourth-order valence-corrected chi connectivity index (χ4v) is 4.26. The summed E-state index contributed by atoms with van der Waals surface area (Å²) in [5, 5.41) is 0. The number of amides is 1. The number of rotatable bonds is 4. The van der Waals surface area contributed by atoms with Gasteiger partial charge < -0.3 is 9.80 Å². The van der Waals surface area contributed by atoms with E-state index in [2.05, 4.69) is 33.8 Å². The van der Waals surface area contributed by atoms with Gasteiger partial charge in [0.05, 0.1) is 6.04 Å². The van der Waals surface area contributed by atoms with Gasteiger partial charge in [-0.1, -0.05) is 12.2 Å². The van der Waals surface area contributed by atoms with Gasteiger partial charge in [-0.15, -0.1) is 0 Å². The van der Waals surface area contributed by atoms with Gasteiger partial charge in [0.15, 0.2) is 0 Å². The van der Waals surface area contributed by atoms with Gasteiger partial charge in [-0.2, -0.15) is 0 Å². The number of piperidine rings is 1. The molecule has 130 valence electrons. The Morgan fingerprint density at radius 3 is 2.43 bits per heavy atom. The van der Waals surface area contributed by atoms with Crippen LogP contribution in [0.25, 0.3) is 0 Å². The number of carbonyl (C=O) groups is 1. The smallest absolute Gasteiger partial charge is 0.239 e. The summed E-state index contributed by atoms with van der Waals surface area (Å²) >= 11 is 0. The van der Waals surface area contributed by atoms with E-state index in [9.17, 15) is 4.79 Å². The summed E-state index contributed by atoms with van der Waals surface area (Å²) in [4.78, 5) is 19.8. The Hall–Kier alpha value is -0.870. The van der Waals surface area contributed by atoms with Crippen LogP contribution in [0.15, 0.2) is 12.2 Å². The van der Waals surface area contributed by atoms with Gasteiger partial charge >= 0.3 is 0 Å². The number of hydrogen-bond donors (Lipinski definition) is 0. The monoisotopic (exact) mass is 319 g/mol. The lowest BCUT2D eigenvalue weighted by Crippen LogP contribution is -2.55. The van der Waals surface area contributed by atoms with Gasteiger partial charge in [0.25, 0.3) is 0 Å². The summed E-state index contributed by atoms with van der Waals surface area (Å²) < 4.78 is 0. The molecule has 3 rings (SSSR count). The minimum atomic E-state index is 0.0628. The van der Waals surface area contributed by atoms with Crippen molar-refractivity contribution < 1.29 is 4.79 Å². The molecule has 0 spiro atoms. The number of nitrogens with zero attached hydrogens (tertiary/aromatic N) is 3. The number of piperazine rings is 1. The van der Waals surface area contributed by atoms with Crippen molar-refractivity contribution in [1.29, 1.82) is 0 Å². The minimum absolute atomic E-state index is 0.0628. The van der Waals surface area contributed by atoms with Crippen molar-refractivity contribution in [3.63, 3.8) is 0 Å². The third kappa shape index (κ3) is 4.57.